The van der Waals surface area contributed by atoms with Gasteiger partial charge in [0, 0.05) is 13.0 Å². The highest BCUT2D eigenvalue weighted by Gasteiger charge is 2.42. The maximum Gasteiger partial charge on any atom is 0.410 e. The highest BCUT2D eigenvalue weighted by atomic mass is 19.1. The summed E-state index contributed by atoms with van der Waals surface area (Å²) in [6.07, 6.45) is -2.89. The maximum atomic E-state index is 14.3. The van der Waals surface area contributed by atoms with E-state index in [1.165, 1.54) is 17.9 Å². The summed E-state index contributed by atoms with van der Waals surface area (Å²) in [7, 11) is 0. The van der Waals surface area contributed by atoms with Gasteiger partial charge in [0.2, 0.25) is 5.91 Å². The molecule has 1 aromatic carbocycles. The molecule has 0 aromatic heterocycles. The van der Waals surface area contributed by atoms with Crippen molar-refractivity contribution in [1.82, 2.24) is 10.2 Å². The average molecular weight is 501 g/mol. The summed E-state index contributed by atoms with van der Waals surface area (Å²) < 4.78 is 44.8. The Morgan fingerprint density at radius 1 is 1.23 bits per heavy atom. The van der Waals surface area contributed by atoms with Crippen LogP contribution in [0.3, 0.4) is 0 Å². The van der Waals surface area contributed by atoms with Crippen LogP contribution >= 0.6 is 0 Å². The van der Waals surface area contributed by atoms with E-state index < -0.39 is 53.7 Å². The number of amides is 2. The number of carbonyl (C=O) groups excluding carboxylic acids is 2. The van der Waals surface area contributed by atoms with E-state index in [4.69, 9.17) is 14.2 Å². The van der Waals surface area contributed by atoms with Gasteiger partial charge in [-0.05, 0) is 44.2 Å². The first kappa shape index (κ1) is 28.9. The fourth-order valence-corrected chi connectivity index (χ4v) is 3.61. The summed E-state index contributed by atoms with van der Waals surface area (Å²) in [5.74, 6) is -1.99. The van der Waals surface area contributed by atoms with Crippen molar-refractivity contribution in [1.29, 1.82) is 0 Å². The Morgan fingerprint density at radius 2 is 1.89 bits per heavy atom. The summed E-state index contributed by atoms with van der Waals surface area (Å²) in [5, 5.41) is 13.9. The van der Waals surface area contributed by atoms with E-state index in [0.717, 1.165) is 12.1 Å². The van der Waals surface area contributed by atoms with Crippen LogP contribution in [0.25, 0.3) is 0 Å². The third kappa shape index (κ3) is 9.35. The van der Waals surface area contributed by atoms with Crippen LogP contribution in [0, 0.1) is 17.0 Å². The molecule has 4 atom stereocenters. The van der Waals surface area contributed by atoms with Gasteiger partial charge in [-0.3, -0.25) is 9.69 Å². The highest BCUT2D eigenvalue weighted by molar-refractivity contribution is 5.73. The Bertz CT molecular complexity index is 884. The lowest BCUT2D eigenvalue weighted by Crippen LogP contribution is -2.62. The van der Waals surface area contributed by atoms with Crippen LogP contribution in [0.5, 0.6) is 0 Å². The van der Waals surface area contributed by atoms with E-state index in [1.54, 1.807) is 20.8 Å². The molecule has 0 saturated carbocycles. The first-order chi connectivity index (χ1) is 16.1. The largest absolute Gasteiger partial charge is 0.444 e. The smallest absolute Gasteiger partial charge is 0.410 e. The van der Waals surface area contributed by atoms with E-state index in [9.17, 15) is 23.5 Å². The topological polar surface area (TPSA) is 97.3 Å². The summed E-state index contributed by atoms with van der Waals surface area (Å²) in [6.45, 7) is 12.7. The van der Waals surface area contributed by atoms with E-state index in [-0.39, 0.29) is 30.6 Å². The molecule has 0 aliphatic carbocycles. The van der Waals surface area contributed by atoms with Gasteiger partial charge in [0.25, 0.3) is 0 Å². The molecule has 0 radical (unpaired) electrons. The van der Waals surface area contributed by atoms with Gasteiger partial charge in [0.05, 0.1) is 37.9 Å². The van der Waals surface area contributed by atoms with Crippen LogP contribution in [0.4, 0.5) is 13.6 Å². The lowest BCUT2D eigenvalue weighted by molar-refractivity contribution is -0.211. The molecule has 2 rings (SSSR count). The quantitative estimate of drug-likeness (QED) is 0.596. The minimum Gasteiger partial charge on any atom is -0.444 e. The Morgan fingerprint density at radius 3 is 2.43 bits per heavy atom. The number of aliphatic hydroxyl groups is 1. The number of halogens is 2. The zero-order valence-electron chi connectivity index (χ0n) is 21.6. The number of hydrogen-bond acceptors (Lipinski definition) is 6. The number of aliphatic hydroxyl groups excluding tert-OH is 1. The maximum absolute atomic E-state index is 14.3. The minimum absolute atomic E-state index is 0.00950. The summed E-state index contributed by atoms with van der Waals surface area (Å²) >= 11 is 0. The first-order valence-corrected chi connectivity index (χ1v) is 11.7. The van der Waals surface area contributed by atoms with Crippen molar-refractivity contribution >= 4 is 12.0 Å². The Labute approximate surface area is 205 Å². The number of nitrogens with one attached hydrogen (secondary N) is 1. The molecular weight excluding hydrogens is 462 g/mol. The Kier molecular flexibility index (Phi) is 9.61. The van der Waals surface area contributed by atoms with Gasteiger partial charge < -0.3 is 24.6 Å². The number of nitrogens with zero attached hydrogens (tertiary/aromatic N) is 1. The first-order valence-electron chi connectivity index (χ1n) is 11.7. The number of carbonyl (C=O) groups is 2. The molecule has 1 saturated heterocycles. The Hall–Kier alpha value is -2.30. The van der Waals surface area contributed by atoms with Crippen molar-refractivity contribution in [2.75, 3.05) is 19.8 Å². The molecule has 2 amide bonds. The predicted octanol–water partition coefficient (Wildman–Crippen LogP) is 3.40. The van der Waals surface area contributed by atoms with E-state index >= 15 is 0 Å². The van der Waals surface area contributed by atoms with Crippen molar-refractivity contribution in [3.63, 3.8) is 0 Å². The molecule has 1 fully saturated rings. The summed E-state index contributed by atoms with van der Waals surface area (Å²) in [6, 6.07) is 1.19. The SMILES string of the molecule is CC(=O)N[C@@H](Cc1ccc(F)cc1F)[C@H](O)[C@H]1CO[C@@H](OCC(C)(C)C)CN1C(=O)OC(C)(C)C. The molecule has 1 heterocycles. The van der Waals surface area contributed by atoms with Crippen molar-refractivity contribution in [2.24, 2.45) is 5.41 Å². The molecule has 35 heavy (non-hydrogen) atoms. The fraction of sp³-hybridized carbons (Fsp3) is 0.680. The normalized spacial score (nSPS) is 20.8. The van der Waals surface area contributed by atoms with Crippen LogP contribution < -0.4 is 5.32 Å². The highest BCUT2D eigenvalue weighted by Crippen LogP contribution is 2.24. The van der Waals surface area contributed by atoms with Crippen LogP contribution in [-0.4, -0.2) is 71.8 Å². The minimum atomic E-state index is -1.35. The Balaban J connectivity index is 2.29. The van der Waals surface area contributed by atoms with E-state index in [0.29, 0.717) is 6.61 Å². The molecular formula is C25H38F2N2O6. The van der Waals surface area contributed by atoms with Gasteiger partial charge in [0.15, 0.2) is 6.29 Å². The van der Waals surface area contributed by atoms with E-state index in [1.807, 2.05) is 20.8 Å². The molecule has 1 aliphatic heterocycles. The number of morpholine rings is 1. The van der Waals surface area contributed by atoms with Gasteiger partial charge in [-0.15, -0.1) is 0 Å². The van der Waals surface area contributed by atoms with Gasteiger partial charge in [-0.25, -0.2) is 13.6 Å². The summed E-state index contributed by atoms with van der Waals surface area (Å²) in [4.78, 5) is 26.3. The number of benzene rings is 1. The molecule has 0 spiro atoms. The lowest BCUT2D eigenvalue weighted by Gasteiger charge is -2.43. The zero-order valence-corrected chi connectivity index (χ0v) is 21.6. The molecule has 0 bridgehead atoms. The summed E-state index contributed by atoms with van der Waals surface area (Å²) in [5.41, 5.74) is -0.816. The average Bonchev–Trinajstić information content (AvgIpc) is 2.71. The molecule has 8 nitrogen and oxygen atoms in total. The standard InChI is InChI=1S/C25H38F2N2O6/c1-15(30)28-19(10-16-8-9-17(26)11-18(16)27)22(31)20-13-33-21(34-14-24(2,3)4)12-29(20)23(32)35-25(5,6)7/h8-9,11,19-22,31H,10,12-14H2,1-7H3,(H,28,30)/t19-,20+,21-,22-/m0/s1. The molecule has 198 valence electrons. The van der Waals surface area contributed by atoms with Crippen LogP contribution in [0.1, 0.15) is 54.0 Å². The fourth-order valence-electron chi connectivity index (χ4n) is 3.61. The van der Waals surface area contributed by atoms with Crippen LogP contribution in [0.2, 0.25) is 0 Å². The lowest BCUT2D eigenvalue weighted by atomic mass is 9.94. The van der Waals surface area contributed by atoms with Crippen LogP contribution in [-0.2, 0) is 25.4 Å². The predicted molar refractivity (Wildman–Crippen MR) is 126 cm³/mol. The van der Waals surface area contributed by atoms with Crippen LogP contribution in [0.15, 0.2) is 18.2 Å². The van der Waals surface area contributed by atoms with Gasteiger partial charge >= 0.3 is 6.09 Å². The molecule has 1 aromatic rings. The van der Waals surface area contributed by atoms with Crippen molar-refractivity contribution in [2.45, 2.75) is 85.0 Å². The van der Waals surface area contributed by atoms with Gasteiger partial charge in [-0.1, -0.05) is 26.8 Å². The molecule has 10 heteroatoms. The number of rotatable bonds is 7. The van der Waals surface area contributed by atoms with Gasteiger partial charge in [0.1, 0.15) is 17.2 Å². The zero-order chi connectivity index (χ0) is 26.6. The second-order valence-corrected chi connectivity index (χ2v) is 11.1. The molecule has 1 aliphatic rings. The molecule has 0 unspecified atom stereocenters. The van der Waals surface area contributed by atoms with Crippen molar-refractivity contribution in [3.8, 4) is 0 Å². The number of ether oxygens (including phenoxy) is 3. The third-order valence-electron chi connectivity index (χ3n) is 5.18. The molecule has 2 N–H and O–H groups in total. The van der Waals surface area contributed by atoms with Gasteiger partial charge in [-0.2, -0.15) is 0 Å². The van der Waals surface area contributed by atoms with Crippen molar-refractivity contribution < 1.29 is 37.7 Å². The second-order valence-electron chi connectivity index (χ2n) is 11.1. The number of hydrogen-bond donors (Lipinski definition) is 2. The van der Waals surface area contributed by atoms with Crippen molar-refractivity contribution in [3.05, 3.63) is 35.4 Å². The van der Waals surface area contributed by atoms with E-state index in [2.05, 4.69) is 5.32 Å². The second kappa shape index (κ2) is 11.6. The monoisotopic (exact) mass is 500 g/mol. The third-order valence-corrected chi connectivity index (χ3v) is 5.18.